The van der Waals surface area contributed by atoms with Crippen LogP contribution in [0.25, 0.3) is 0 Å². The maximum atomic E-state index is 12.0. The lowest BCUT2D eigenvalue weighted by molar-refractivity contribution is 0.102. The third-order valence-electron chi connectivity index (χ3n) is 2.99. The first-order chi connectivity index (χ1) is 10.1. The molecule has 0 bridgehead atoms. The summed E-state index contributed by atoms with van der Waals surface area (Å²) in [6.45, 7) is 4.80. The van der Waals surface area contributed by atoms with Crippen LogP contribution in [0.15, 0.2) is 22.7 Å². The number of aromatic nitrogens is 3. The van der Waals surface area contributed by atoms with Crippen molar-refractivity contribution in [1.29, 1.82) is 0 Å². The van der Waals surface area contributed by atoms with Crippen LogP contribution in [0.4, 0.5) is 11.6 Å². The van der Waals surface area contributed by atoms with Crippen molar-refractivity contribution in [1.82, 2.24) is 15.4 Å². The lowest BCUT2D eigenvalue weighted by atomic mass is 10.3. The molecule has 2 rings (SSSR count). The van der Waals surface area contributed by atoms with E-state index in [9.17, 15) is 4.79 Å². The predicted octanol–water partition coefficient (Wildman–Crippen LogP) is 2.26. The van der Waals surface area contributed by atoms with Crippen molar-refractivity contribution in [2.75, 3.05) is 23.8 Å². The fourth-order valence-corrected chi connectivity index (χ4v) is 1.77. The minimum atomic E-state index is -0.362. The minimum absolute atomic E-state index is 0.239. The standard InChI is InChI=1S/C14H19N5O2/c1-4-5-8-19(3)13-7-6-11(16-17-13)14(20)15-12-9-10(2)21-18-12/h6-7,9H,4-5,8H2,1-3H3,(H,15,18,20). The third kappa shape index (κ3) is 4.01. The second-order valence-corrected chi connectivity index (χ2v) is 4.83. The number of amides is 1. The third-order valence-corrected chi connectivity index (χ3v) is 2.99. The van der Waals surface area contributed by atoms with Crippen molar-refractivity contribution < 1.29 is 9.32 Å². The highest BCUT2D eigenvalue weighted by atomic mass is 16.5. The monoisotopic (exact) mass is 289 g/mol. The number of carbonyl (C=O) groups excluding carboxylic acids is 1. The first-order valence-electron chi connectivity index (χ1n) is 6.89. The van der Waals surface area contributed by atoms with E-state index in [1.165, 1.54) is 0 Å². The van der Waals surface area contributed by atoms with E-state index in [1.807, 2.05) is 11.9 Å². The summed E-state index contributed by atoms with van der Waals surface area (Å²) in [6.07, 6.45) is 2.21. The molecule has 0 saturated heterocycles. The molecule has 0 saturated carbocycles. The highest BCUT2D eigenvalue weighted by molar-refractivity contribution is 6.02. The van der Waals surface area contributed by atoms with Crippen molar-refractivity contribution in [3.8, 4) is 0 Å². The SMILES string of the molecule is CCCCN(C)c1ccc(C(=O)Nc2cc(C)on2)nn1. The lowest BCUT2D eigenvalue weighted by Gasteiger charge is -2.16. The molecule has 2 heterocycles. The molecule has 7 nitrogen and oxygen atoms in total. The van der Waals surface area contributed by atoms with E-state index in [0.29, 0.717) is 11.6 Å². The number of rotatable bonds is 6. The van der Waals surface area contributed by atoms with Gasteiger partial charge in [0, 0.05) is 19.7 Å². The lowest BCUT2D eigenvalue weighted by Crippen LogP contribution is -2.21. The minimum Gasteiger partial charge on any atom is -0.360 e. The molecule has 0 fully saturated rings. The van der Waals surface area contributed by atoms with Crippen LogP contribution < -0.4 is 10.2 Å². The van der Waals surface area contributed by atoms with Crippen LogP contribution in [-0.2, 0) is 0 Å². The highest BCUT2D eigenvalue weighted by Crippen LogP contribution is 2.11. The first kappa shape index (κ1) is 15.0. The molecule has 0 unspecified atom stereocenters. The fourth-order valence-electron chi connectivity index (χ4n) is 1.77. The molecule has 1 N–H and O–H groups in total. The quantitative estimate of drug-likeness (QED) is 0.878. The van der Waals surface area contributed by atoms with Gasteiger partial charge < -0.3 is 14.7 Å². The van der Waals surface area contributed by atoms with Crippen molar-refractivity contribution >= 4 is 17.5 Å². The largest absolute Gasteiger partial charge is 0.360 e. The van der Waals surface area contributed by atoms with E-state index in [2.05, 4.69) is 27.6 Å². The Hall–Kier alpha value is -2.44. The van der Waals surface area contributed by atoms with Crippen LogP contribution in [0.1, 0.15) is 36.0 Å². The number of aryl methyl sites for hydroxylation is 1. The Labute approximate surface area is 123 Å². The molecule has 0 radical (unpaired) electrons. The highest BCUT2D eigenvalue weighted by Gasteiger charge is 2.12. The van der Waals surface area contributed by atoms with Crippen LogP contribution in [0.5, 0.6) is 0 Å². The molecule has 2 aromatic rings. The van der Waals surface area contributed by atoms with E-state index in [1.54, 1.807) is 25.1 Å². The number of nitrogens with zero attached hydrogens (tertiary/aromatic N) is 4. The molecule has 112 valence electrons. The molecule has 7 heteroatoms. The zero-order chi connectivity index (χ0) is 15.2. The summed E-state index contributed by atoms with van der Waals surface area (Å²) in [5, 5.41) is 14.3. The van der Waals surface area contributed by atoms with Gasteiger partial charge in [-0.2, -0.15) is 0 Å². The van der Waals surface area contributed by atoms with E-state index >= 15 is 0 Å². The average molecular weight is 289 g/mol. The summed E-state index contributed by atoms with van der Waals surface area (Å²) >= 11 is 0. The van der Waals surface area contributed by atoms with Crippen LogP contribution >= 0.6 is 0 Å². The maximum absolute atomic E-state index is 12.0. The molecular weight excluding hydrogens is 270 g/mol. The number of hydrogen-bond acceptors (Lipinski definition) is 6. The Morgan fingerprint density at radius 2 is 2.19 bits per heavy atom. The van der Waals surface area contributed by atoms with E-state index in [-0.39, 0.29) is 11.6 Å². The summed E-state index contributed by atoms with van der Waals surface area (Å²) < 4.78 is 4.88. The zero-order valence-electron chi connectivity index (χ0n) is 12.5. The Morgan fingerprint density at radius 3 is 2.76 bits per heavy atom. The normalized spacial score (nSPS) is 10.4. The Kier molecular flexibility index (Phi) is 4.86. The number of unbranched alkanes of at least 4 members (excludes halogenated alkanes) is 1. The van der Waals surface area contributed by atoms with Crippen LogP contribution in [0, 0.1) is 6.92 Å². The molecule has 0 spiro atoms. The summed E-state index contributed by atoms with van der Waals surface area (Å²) in [6, 6.07) is 5.07. The second kappa shape index (κ2) is 6.83. The Morgan fingerprint density at radius 1 is 1.38 bits per heavy atom. The average Bonchev–Trinajstić information content (AvgIpc) is 2.90. The van der Waals surface area contributed by atoms with Gasteiger partial charge in [0.05, 0.1) is 0 Å². The Bertz CT molecular complexity index is 594. The zero-order valence-corrected chi connectivity index (χ0v) is 12.5. The number of anilines is 2. The maximum Gasteiger partial charge on any atom is 0.277 e. The molecule has 1 amide bonds. The number of carbonyl (C=O) groups is 1. The predicted molar refractivity (Wildman–Crippen MR) is 79.4 cm³/mol. The van der Waals surface area contributed by atoms with E-state index in [4.69, 9.17) is 4.52 Å². The van der Waals surface area contributed by atoms with E-state index < -0.39 is 0 Å². The van der Waals surface area contributed by atoms with Crippen LogP contribution in [-0.4, -0.2) is 34.9 Å². The molecule has 0 atom stereocenters. The van der Waals surface area contributed by atoms with E-state index in [0.717, 1.165) is 25.2 Å². The summed E-state index contributed by atoms with van der Waals surface area (Å²) in [4.78, 5) is 14.0. The van der Waals surface area contributed by atoms with Gasteiger partial charge in [0.25, 0.3) is 5.91 Å². The molecule has 0 aliphatic carbocycles. The van der Waals surface area contributed by atoms with Crippen molar-refractivity contribution in [3.05, 3.63) is 29.7 Å². The van der Waals surface area contributed by atoms with Gasteiger partial charge in [-0.1, -0.05) is 18.5 Å². The van der Waals surface area contributed by atoms with Crippen LogP contribution in [0.3, 0.4) is 0 Å². The van der Waals surface area contributed by atoms with Crippen molar-refractivity contribution in [2.45, 2.75) is 26.7 Å². The summed E-state index contributed by atoms with van der Waals surface area (Å²) in [5.74, 6) is 1.38. The van der Waals surface area contributed by atoms with Gasteiger partial charge in [-0.3, -0.25) is 4.79 Å². The fraction of sp³-hybridized carbons (Fsp3) is 0.429. The van der Waals surface area contributed by atoms with Gasteiger partial charge in [0.1, 0.15) is 5.76 Å². The number of nitrogens with one attached hydrogen (secondary N) is 1. The number of hydrogen-bond donors (Lipinski definition) is 1. The van der Waals surface area contributed by atoms with Gasteiger partial charge in [-0.15, -0.1) is 10.2 Å². The Balaban J connectivity index is 1.99. The van der Waals surface area contributed by atoms with Gasteiger partial charge in [-0.25, -0.2) is 0 Å². The van der Waals surface area contributed by atoms with Gasteiger partial charge in [0.2, 0.25) is 0 Å². The summed E-state index contributed by atoms with van der Waals surface area (Å²) in [7, 11) is 1.96. The first-order valence-corrected chi connectivity index (χ1v) is 6.89. The van der Waals surface area contributed by atoms with Crippen molar-refractivity contribution in [2.24, 2.45) is 0 Å². The topological polar surface area (TPSA) is 84.2 Å². The van der Waals surface area contributed by atoms with Gasteiger partial charge >= 0.3 is 0 Å². The molecular formula is C14H19N5O2. The molecule has 2 aromatic heterocycles. The van der Waals surface area contributed by atoms with Crippen LogP contribution in [0.2, 0.25) is 0 Å². The smallest absolute Gasteiger partial charge is 0.277 e. The second-order valence-electron chi connectivity index (χ2n) is 4.83. The molecule has 21 heavy (non-hydrogen) atoms. The molecule has 0 aliphatic heterocycles. The van der Waals surface area contributed by atoms with Gasteiger partial charge in [-0.05, 0) is 25.5 Å². The van der Waals surface area contributed by atoms with Crippen molar-refractivity contribution in [3.63, 3.8) is 0 Å². The summed E-state index contributed by atoms with van der Waals surface area (Å²) in [5.41, 5.74) is 0.239. The molecule has 0 aliphatic rings. The van der Waals surface area contributed by atoms with Gasteiger partial charge in [0.15, 0.2) is 17.3 Å². The molecule has 0 aromatic carbocycles.